The SMILES string of the molecule is CCCCCC(C)NC(=O)CNC(=O)c1cccs1. The minimum absolute atomic E-state index is 0.0366. The highest BCUT2D eigenvalue weighted by Crippen LogP contribution is 2.07. The fourth-order valence-corrected chi connectivity index (χ4v) is 2.39. The second-order valence-corrected chi connectivity index (χ2v) is 5.57. The molecule has 1 atom stereocenters. The molecular formula is C14H22N2O2S. The normalized spacial score (nSPS) is 11.9. The van der Waals surface area contributed by atoms with E-state index in [9.17, 15) is 9.59 Å². The van der Waals surface area contributed by atoms with Gasteiger partial charge in [0.1, 0.15) is 0 Å². The summed E-state index contributed by atoms with van der Waals surface area (Å²) in [4.78, 5) is 23.9. The zero-order valence-corrected chi connectivity index (χ0v) is 12.4. The molecule has 0 fully saturated rings. The first kappa shape index (κ1) is 15.7. The molecule has 0 saturated carbocycles. The smallest absolute Gasteiger partial charge is 0.261 e. The quantitative estimate of drug-likeness (QED) is 0.720. The Bertz CT molecular complexity index is 390. The average Bonchev–Trinajstić information content (AvgIpc) is 2.90. The summed E-state index contributed by atoms with van der Waals surface area (Å²) in [5.41, 5.74) is 0. The van der Waals surface area contributed by atoms with Crippen LogP contribution in [0.2, 0.25) is 0 Å². The summed E-state index contributed by atoms with van der Waals surface area (Å²) in [6.07, 6.45) is 4.48. The van der Waals surface area contributed by atoms with Crippen LogP contribution in [-0.4, -0.2) is 24.4 Å². The molecule has 1 aromatic rings. The number of hydrogen-bond donors (Lipinski definition) is 2. The number of thiophene rings is 1. The van der Waals surface area contributed by atoms with E-state index < -0.39 is 0 Å². The van der Waals surface area contributed by atoms with Gasteiger partial charge in [0.2, 0.25) is 5.91 Å². The third kappa shape index (κ3) is 6.38. The maximum absolute atomic E-state index is 11.6. The van der Waals surface area contributed by atoms with Crippen LogP contribution in [0.5, 0.6) is 0 Å². The molecule has 0 spiro atoms. The molecule has 0 aliphatic rings. The van der Waals surface area contributed by atoms with Crippen LogP contribution in [0.25, 0.3) is 0 Å². The van der Waals surface area contributed by atoms with Gasteiger partial charge in [0, 0.05) is 6.04 Å². The predicted octanol–water partition coefficient (Wildman–Crippen LogP) is 2.56. The van der Waals surface area contributed by atoms with Gasteiger partial charge in [-0.15, -0.1) is 11.3 Å². The van der Waals surface area contributed by atoms with Crippen molar-refractivity contribution in [3.8, 4) is 0 Å². The topological polar surface area (TPSA) is 58.2 Å². The highest BCUT2D eigenvalue weighted by atomic mass is 32.1. The Morgan fingerprint density at radius 1 is 1.37 bits per heavy atom. The number of carbonyl (C=O) groups is 2. The minimum Gasteiger partial charge on any atom is -0.352 e. The number of amides is 2. The third-order valence-corrected chi connectivity index (χ3v) is 3.67. The van der Waals surface area contributed by atoms with Crippen LogP contribution in [0.15, 0.2) is 17.5 Å². The first-order valence-electron chi connectivity index (χ1n) is 6.74. The lowest BCUT2D eigenvalue weighted by molar-refractivity contribution is -0.120. The lowest BCUT2D eigenvalue weighted by Crippen LogP contribution is -2.40. The highest BCUT2D eigenvalue weighted by molar-refractivity contribution is 7.12. The molecule has 2 N–H and O–H groups in total. The van der Waals surface area contributed by atoms with Crippen molar-refractivity contribution in [2.24, 2.45) is 0 Å². The molecule has 0 aliphatic heterocycles. The van der Waals surface area contributed by atoms with Crippen molar-refractivity contribution >= 4 is 23.2 Å². The zero-order chi connectivity index (χ0) is 14.1. The molecule has 1 heterocycles. The maximum Gasteiger partial charge on any atom is 0.261 e. The summed E-state index contributed by atoms with van der Waals surface area (Å²) in [5.74, 6) is -0.322. The van der Waals surface area contributed by atoms with Crippen molar-refractivity contribution in [1.82, 2.24) is 10.6 Å². The molecule has 1 rings (SSSR count). The van der Waals surface area contributed by atoms with E-state index in [1.807, 2.05) is 18.4 Å². The van der Waals surface area contributed by atoms with Gasteiger partial charge in [-0.05, 0) is 24.8 Å². The molecule has 19 heavy (non-hydrogen) atoms. The van der Waals surface area contributed by atoms with E-state index >= 15 is 0 Å². The van der Waals surface area contributed by atoms with Gasteiger partial charge in [-0.1, -0.05) is 32.3 Å². The molecule has 0 radical (unpaired) electrons. The van der Waals surface area contributed by atoms with E-state index in [1.165, 1.54) is 24.2 Å². The van der Waals surface area contributed by atoms with Crippen molar-refractivity contribution in [2.45, 2.75) is 45.6 Å². The molecule has 0 aliphatic carbocycles. The van der Waals surface area contributed by atoms with Crippen molar-refractivity contribution in [3.05, 3.63) is 22.4 Å². The van der Waals surface area contributed by atoms with Crippen LogP contribution in [0.3, 0.4) is 0 Å². The summed E-state index contributed by atoms with van der Waals surface area (Å²) in [5, 5.41) is 7.34. The summed E-state index contributed by atoms with van der Waals surface area (Å²) < 4.78 is 0. The van der Waals surface area contributed by atoms with Gasteiger partial charge in [-0.3, -0.25) is 9.59 Å². The van der Waals surface area contributed by atoms with E-state index in [0.29, 0.717) is 4.88 Å². The monoisotopic (exact) mass is 282 g/mol. The third-order valence-electron chi connectivity index (χ3n) is 2.80. The van der Waals surface area contributed by atoms with Crippen LogP contribution < -0.4 is 10.6 Å². The minimum atomic E-state index is -0.191. The van der Waals surface area contributed by atoms with Crippen LogP contribution in [0.1, 0.15) is 49.2 Å². The van der Waals surface area contributed by atoms with E-state index in [4.69, 9.17) is 0 Å². The Balaban J connectivity index is 2.19. The van der Waals surface area contributed by atoms with Gasteiger partial charge in [0.25, 0.3) is 5.91 Å². The number of carbonyl (C=O) groups excluding carboxylic acids is 2. The molecule has 1 unspecified atom stereocenters. The molecule has 0 bridgehead atoms. The standard InChI is InChI=1S/C14H22N2O2S/c1-3-4-5-7-11(2)16-13(17)10-15-14(18)12-8-6-9-19-12/h6,8-9,11H,3-5,7,10H2,1-2H3,(H,15,18)(H,16,17). The Morgan fingerprint density at radius 3 is 2.79 bits per heavy atom. The molecule has 4 nitrogen and oxygen atoms in total. The van der Waals surface area contributed by atoms with E-state index in [1.54, 1.807) is 6.07 Å². The summed E-state index contributed by atoms with van der Waals surface area (Å²) in [6, 6.07) is 3.72. The van der Waals surface area contributed by atoms with Gasteiger partial charge >= 0.3 is 0 Å². The Kier molecular flexibility index (Phi) is 7.18. The summed E-state index contributed by atoms with van der Waals surface area (Å²) in [7, 11) is 0. The van der Waals surface area contributed by atoms with E-state index in [2.05, 4.69) is 17.6 Å². The number of nitrogens with one attached hydrogen (secondary N) is 2. The van der Waals surface area contributed by atoms with Crippen molar-refractivity contribution in [1.29, 1.82) is 0 Å². The fourth-order valence-electron chi connectivity index (χ4n) is 1.75. The van der Waals surface area contributed by atoms with E-state index in [-0.39, 0.29) is 24.4 Å². The molecule has 106 valence electrons. The van der Waals surface area contributed by atoms with Gasteiger partial charge in [0.05, 0.1) is 11.4 Å². The lowest BCUT2D eigenvalue weighted by atomic mass is 10.1. The molecular weight excluding hydrogens is 260 g/mol. The van der Waals surface area contributed by atoms with Gasteiger partial charge in [-0.2, -0.15) is 0 Å². The van der Waals surface area contributed by atoms with Crippen molar-refractivity contribution < 1.29 is 9.59 Å². The first-order valence-corrected chi connectivity index (χ1v) is 7.62. The maximum atomic E-state index is 11.6. The number of hydrogen-bond acceptors (Lipinski definition) is 3. The van der Waals surface area contributed by atoms with Gasteiger partial charge in [0.15, 0.2) is 0 Å². The van der Waals surface area contributed by atoms with Crippen molar-refractivity contribution in [3.63, 3.8) is 0 Å². The Hall–Kier alpha value is -1.36. The van der Waals surface area contributed by atoms with Gasteiger partial charge in [-0.25, -0.2) is 0 Å². The first-order chi connectivity index (χ1) is 9.13. The second-order valence-electron chi connectivity index (χ2n) is 4.62. The summed E-state index contributed by atoms with van der Waals surface area (Å²) in [6.45, 7) is 4.19. The highest BCUT2D eigenvalue weighted by Gasteiger charge is 2.10. The largest absolute Gasteiger partial charge is 0.352 e. The second kappa shape index (κ2) is 8.69. The van der Waals surface area contributed by atoms with Crippen molar-refractivity contribution in [2.75, 3.05) is 6.54 Å². The number of unbranched alkanes of at least 4 members (excludes halogenated alkanes) is 2. The van der Waals surface area contributed by atoms with Crippen LogP contribution in [0, 0.1) is 0 Å². The summed E-state index contributed by atoms with van der Waals surface area (Å²) >= 11 is 1.37. The van der Waals surface area contributed by atoms with Crippen LogP contribution in [0.4, 0.5) is 0 Å². The van der Waals surface area contributed by atoms with E-state index in [0.717, 1.165) is 12.8 Å². The zero-order valence-electron chi connectivity index (χ0n) is 11.6. The molecule has 5 heteroatoms. The predicted molar refractivity (Wildman–Crippen MR) is 78.4 cm³/mol. The molecule has 0 aromatic carbocycles. The lowest BCUT2D eigenvalue weighted by Gasteiger charge is -2.13. The Labute approximate surface area is 118 Å². The van der Waals surface area contributed by atoms with Crippen LogP contribution >= 0.6 is 11.3 Å². The molecule has 0 saturated heterocycles. The van der Waals surface area contributed by atoms with Crippen LogP contribution in [-0.2, 0) is 4.79 Å². The molecule has 2 amide bonds. The number of rotatable bonds is 8. The molecule has 1 aromatic heterocycles. The fraction of sp³-hybridized carbons (Fsp3) is 0.571. The Morgan fingerprint density at radius 2 is 2.16 bits per heavy atom. The van der Waals surface area contributed by atoms with Gasteiger partial charge < -0.3 is 10.6 Å². The average molecular weight is 282 g/mol.